The third-order valence-electron chi connectivity index (χ3n) is 5.96. The number of amides is 2. The molecular weight excluding hydrogens is 366 g/mol. The minimum atomic E-state index is -0.208. The number of likely N-dealkylation sites (tertiary alicyclic amines) is 2. The average Bonchev–Trinajstić information content (AvgIpc) is 3.36. The van der Waals surface area contributed by atoms with Gasteiger partial charge < -0.3 is 9.80 Å². The number of piperidine rings is 1. The fraction of sp³-hybridized carbons (Fsp3) is 0.455. The molecule has 0 saturated carbocycles. The quantitative estimate of drug-likeness (QED) is 0.705. The van der Waals surface area contributed by atoms with Crippen molar-refractivity contribution in [3.63, 3.8) is 0 Å². The molecular formula is C22H27N5O2. The second kappa shape index (κ2) is 8.59. The van der Waals surface area contributed by atoms with Gasteiger partial charge in [-0.25, -0.2) is 0 Å². The first kappa shape index (κ1) is 19.4. The number of hydrogen-bond donors (Lipinski definition) is 0. The molecule has 4 rings (SSSR count). The van der Waals surface area contributed by atoms with Gasteiger partial charge in [0.1, 0.15) is 12.2 Å². The number of para-hydroxylation sites is 1. The van der Waals surface area contributed by atoms with Gasteiger partial charge in [-0.2, -0.15) is 0 Å². The van der Waals surface area contributed by atoms with E-state index in [0.717, 1.165) is 43.9 Å². The zero-order valence-corrected chi connectivity index (χ0v) is 16.6. The molecule has 0 N–H and O–H groups in total. The number of aromatic nitrogens is 3. The minimum absolute atomic E-state index is 0.0541. The molecule has 2 aromatic rings. The normalized spacial score (nSPS) is 20.3. The van der Waals surface area contributed by atoms with Gasteiger partial charge in [0.2, 0.25) is 11.8 Å². The molecule has 0 bridgehead atoms. The van der Waals surface area contributed by atoms with Crippen LogP contribution in [0.2, 0.25) is 0 Å². The summed E-state index contributed by atoms with van der Waals surface area (Å²) in [6, 6.07) is 10.1. The van der Waals surface area contributed by atoms with Crippen molar-refractivity contribution < 1.29 is 9.59 Å². The fourth-order valence-corrected chi connectivity index (χ4v) is 4.35. The molecule has 2 fully saturated rings. The number of benzene rings is 1. The van der Waals surface area contributed by atoms with Crippen LogP contribution >= 0.6 is 0 Å². The highest BCUT2D eigenvalue weighted by Gasteiger charge is 2.37. The summed E-state index contributed by atoms with van der Waals surface area (Å²) in [5.41, 5.74) is 1.06. The molecule has 1 unspecified atom stereocenters. The van der Waals surface area contributed by atoms with Crippen molar-refractivity contribution in [2.24, 2.45) is 11.8 Å². The predicted molar refractivity (Wildman–Crippen MR) is 109 cm³/mol. The highest BCUT2D eigenvalue weighted by atomic mass is 16.2. The molecule has 1 atom stereocenters. The van der Waals surface area contributed by atoms with Gasteiger partial charge in [-0.15, -0.1) is 16.8 Å². The number of carbonyl (C=O) groups is 2. The van der Waals surface area contributed by atoms with Gasteiger partial charge in [0.25, 0.3) is 0 Å². The maximum Gasteiger partial charge on any atom is 0.227 e. The summed E-state index contributed by atoms with van der Waals surface area (Å²) in [5.74, 6) is 1.41. The van der Waals surface area contributed by atoms with Crippen LogP contribution in [0.3, 0.4) is 0 Å². The van der Waals surface area contributed by atoms with E-state index in [0.29, 0.717) is 25.4 Å². The van der Waals surface area contributed by atoms with Gasteiger partial charge in [0.05, 0.1) is 5.92 Å². The van der Waals surface area contributed by atoms with Crippen LogP contribution in [0.4, 0.5) is 0 Å². The molecule has 2 aliphatic rings. The highest BCUT2D eigenvalue weighted by Crippen LogP contribution is 2.26. The van der Waals surface area contributed by atoms with Crippen molar-refractivity contribution in [1.82, 2.24) is 24.6 Å². The second-order valence-corrected chi connectivity index (χ2v) is 7.91. The summed E-state index contributed by atoms with van der Waals surface area (Å²) in [4.78, 5) is 28.5. The number of carbonyl (C=O) groups excluding carboxylic acids is 2. The number of hydrogen-bond acceptors (Lipinski definition) is 4. The molecule has 7 heteroatoms. The zero-order valence-electron chi connectivity index (χ0n) is 16.6. The molecule has 0 spiro atoms. The lowest BCUT2D eigenvalue weighted by Crippen LogP contribution is -2.42. The first-order valence-electron chi connectivity index (χ1n) is 10.3. The third kappa shape index (κ3) is 4.23. The Morgan fingerprint density at radius 1 is 1.21 bits per heavy atom. The maximum atomic E-state index is 12.9. The van der Waals surface area contributed by atoms with Crippen molar-refractivity contribution >= 4 is 11.8 Å². The summed E-state index contributed by atoms with van der Waals surface area (Å²) in [6.45, 7) is 6.21. The Morgan fingerprint density at radius 3 is 2.69 bits per heavy atom. The van der Waals surface area contributed by atoms with E-state index < -0.39 is 0 Å². The van der Waals surface area contributed by atoms with E-state index in [9.17, 15) is 9.59 Å². The molecule has 29 heavy (non-hydrogen) atoms. The molecule has 7 nitrogen and oxygen atoms in total. The lowest BCUT2D eigenvalue weighted by molar-refractivity contribution is -0.137. The van der Waals surface area contributed by atoms with Crippen molar-refractivity contribution in [1.29, 1.82) is 0 Å². The largest absolute Gasteiger partial charge is 0.342 e. The summed E-state index contributed by atoms with van der Waals surface area (Å²) in [7, 11) is 0. The van der Waals surface area contributed by atoms with Crippen LogP contribution in [0.1, 0.15) is 25.1 Å². The van der Waals surface area contributed by atoms with Gasteiger partial charge in [-0.3, -0.25) is 14.2 Å². The van der Waals surface area contributed by atoms with Crippen LogP contribution < -0.4 is 0 Å². The monoisotopic (exact) mass is 393 g/mol. The van der Waals surface area contributed by atoms with E-state index in [-0.39, 0.29) is 17.7 Å². The smallest absolute Gasteiger partial charge is 0.227 e. The topological polar surface area (TPSA) is 71.3 Å². The lowest BCUT2D eigenvalue weighted by Gasteiger charge is -2.33. The van der Waals surface area contributed by atoms with Crippen LogP contribution in [-0.2, 0) is 16.0 Å². The molecule has 152 valence electrons. The Morgan fingerprint density at radius 2 is 1.97 bits per heavy atom. The van der Waals surface area contributed by atoms with E-state index in [1.54, 1.807) is 17.3 Å². The van der Waals surface area contributed by atoms with Gasteiger partial charge in [0.15, 0.2) is 0 Å². The summed E-state index contributed by atoms with van der Waals surface area (Å²) < 4.78 is 2.04. The summed E-state index contributed by atoms with van der Waals surface area (Å²) in [6.07, 6.45) is 6.55. The first-order chi connectivity index (χ1) is 14.2. The molecule has 2 amide bonds. The van der Waals surface area contributed by atoms with E-state index in [1.165, 1.54) is 0 Å². The molecule has 0 aliphatic carbocycles. The maximum absolute atomic E-state index is 12.9. The zero-order chi connectivity index (χ0) is 20.2. The van der Waals surface area contributed by atoms with Gasteiger partial charge in [0, 0.05) is 44.7 Å². The van der Waals surface area contributed by atoms with Gasteiger partial charge in [-0.05, 0) is 30.9 Å². The van der Waals surface area contributed by atoms with Crippen LogP contribution in [-0.4, -0.2) is 62.6 Å². The van der Waals surface area contributed by atoms with Gasteiger partial charge >= 0.3 is 0 Å². The predicted octanol–water partition coefficient (Wildman–Crippen LogP) is 2.08. The molecule has 2 aliphatic heterocycles. The Bertz CT molecular complexity index is 870. The van der Waals surface area contributed by atoms with Crippen molar-refractivity contribution in [3.05, 3.63) is 55.1 Å². The van der Waals surface area contributed by atoms with Crippen LogP contribution in [0.15, 0.2) is 49.3 Å². The Balaban J connectivity index is 1.32. The molecule has 1 aromatic carbocycles. The van der Waals surface area contributed by atoms with Gasteiger partial charge in [-0.1, -0.05) is 24.3 Å². The van der Waals surface area contributed by atoms with E-state index in [4.69, 9.17) is 0 Å². The SMILES string of the molecule is C=CCN1CC(C(=O)N2CCC(Cc3nncn3-c3ccccc3)CC2)CC1=O. The van der Waals surface area contributed by atoms with Crippen LogP contribution in [0.5, 0.6) is 0 Å². The molecule has 1 aromatic heterocycles. The standard InChI is InChI=1S/C22H27N5O2/c1-2-10-26-15-18(14-21(26)28)22(29)25-11-8-17(9-12-25)13-20-24-23-16-27(20)19-6-4-3-5-7-19/h2-7,16-18H,1,8-15H2. The molecule has 3 heterocycles. The fourth-order valence-electron chi connectivity index (χ4n) is 4.35. The number of nitrogens with zero attached hydrogens (tertiary/aromatic N) is 5. The highest BCUT2D eigenvalue weighted by molar-refractivity contribution is 5.89. The van der Waals surface area contributed by atoms with Crippen LogP contribution in [0.25, 0.3) is 5.69 Å². The van der Waals surface area contributed by atoms with E-state index >= 15 is 0 Å². The number of rotatable bonds is 6. The molecule has 0 radical (unpaired) electrons. The Kier molecular flexibility index (Phi) is 5.74. The van der Waals surface area contributed by atoms with E-state index in [1.807, 2.05) is 39.8 Å². The Hall–Kier alpha value is -2.96. The van der Waals surface area contributed by atoms with Crippen LogP contribution in [0, 0.1) is 11.8 Å². The average molecular weight is 393 g/mol. The van der Waals surface area contributed by atoms with E-state index in [2.05, 4.69) is 16.8 Å². The third-order valence-corrected chi connectivity index (χ3v) is 5.96. The first-order valence-corrected chi connectivity index (χ1v) is 10.3. The van der Waals surface area contributed by atoms with Crippen molar-refractivity contribution in [2.45, 2.75) is 25.7 Å². The lowest BCUT2D eigenvalue weighted by atomic mass is 9.92. The van der Waals surface area contributed by atoms with Crippen molar-refractivity contribution in [3.8, 4) is 5.69 Å². The second-order valence-electron chi connectivity index (χ2n) is 7.91. The minimum Gasteiger partial charge on any atom is -0.342 e. The van der Waals surface area contributed by atoms with Crippen molar-refractivity contribution in [2.75, 3.05) is 26.2 Å². The molecule has 2 saturated heterocycles. The Labute approximate surface area is 171 Å². The summed E-state index contributed by atoms with van der Waals surface area (Å²) >= 11 is 0. The summed E-state index contributed by atoms with van der Waals surface area (Å²) in [5, 5.41) is 8.41.